The van der Waals surface area contributed by atoms with E-state index in [4.69, 9.17) is 10.5 Å². The van der Waals surface area contributed by atoms with Crippen LogP contribution in [-0.4, -0.2) is 31.9 Å². The molecule has 2 N–H and O–H groups in total. The van der Waals surface area contributed by atoms with E-state index >= 15 is 0 Å². The third-order valence-corrected chi connectivity index (χ3v) is 3.13. The van der Waals surface area contributed by atoms with Gasteiger partial charge in [0.05, 0.1) is 5.69 Å². The van der Waals surface area contributed by atoms with Gasteiger partial charge in [-0.3, -0.25) is 9.59 Å². The van der Waals surface area contributed by atoms with Crippen LogP contribution < -0.4 is 15.4 Å². The van der Waals surface area contributed by atoms with Crippen LogP contribution in [0.4, 0.5) is 5.69 Å². The average molecular weight is 248 g/mol. The number of ketones is 1. The zero-order valence-electron chi connectivity index (χ0n) is 10.5. The largest absolute Gasteiger partial charge is 0.482 e. The maximum atomic E-state index is 12.0. The summed E-state index contributed by atoms with van der Waals surface area (Å²) in [5, 5.41) is 0. The molecule has 1 aliphatic heterocycles. The van der Waals surface area contributed by atoms with Gasteiger partial charge in [-0.1, -0.05) is 6.92 Å². The summed E-state index contributed by atoms with van der Waals surface area (Å²) in [6, 6.07) is 5.10. The lowest BCUT2D eigenvalue weighted by molar-refractivity contribution is -0.120. The molecule has 18 heavy (non-hydrogen) atoms. The Balaban J connectivity index is 2.37. The molecular formula is C13H16N2O3. The third kappa shape index (κ3) is 2.09. The Kier molecular flexibility index (Phi) is 3.34. The number of likely N-dealkylation sites (N-methyl/N-ethyl adjacent to an activating group) is 1. The fraction of sp³-hybridized carbons (Fsp3) is 0.385. The highest BCUT2D eigenvalue weighted by molar-refractivity contribution is 6.02. The lowest BCUT2D eigenvalue weighted by Crippen LogP contribution is -2.35. The second-order valence-electron chi connectivity index (χ2n) is 4.42. The van der Waals surface area contributed by atoms with E-state index in [0.717, 1.165) is 0 Å². The number of nitrogens with zero attached hydrogens (tertiary/aromatic N) is 1. The SMILES string of the molecule is CC(CN)C(=O)c1ccc2c(c1)N(C)C(=O)CO2. The zero-order valence-corrected chi connectivity index (χ0v) is 10.5. The van der Waals surface area contributed by atoms with Gasteiger partial charge in [0.2, 0.25) is 0 Å². The molecule has 1 heterocycles. The lowest BCUT2D eigenvalue weighted by Gasteiger charge is -2.26. The van der Waals surface area contributed by atoms with Crippen LogP contribution in [-0.2, 0) is 4.79 Å². The summed E-state index contributed by atoms with van der Waals surface area (Å²) in [6.07, 6.45) is 0. The molecule has 1 atom stereocenters. The van der Waals surface area contributed by atoms with E-state index < -0.39 is 0 Å². The monoisotopic (exact) mass is 248 g/mol. The van der Waals surface area contributed by atoms with Crippen LogP contribution in [0.1, 0.15) is 17.3 Å². The molecule has 5 heteroatoms. The molecule has 0 fully saturated rings. The van der Waals surface area contributed by atoms with E-state index in [1.165, 1.54) is 4.90 Å². The summed E-state index contributed by atoms with van der Waals surface area (Å²) in [7, 11) is 1.67. The van der Waals surface area contributed by atoms with Crippen LogP contribution in [0.3, 0.4) is 0 Å². The Morgan fingerprint density at radius 3 is 2.94 bits per heavy atom. The van der Waals surface area contributed by atoms with E-state index in [9.17, 15) is 9.59 Å². The lowest BCUT2D eigenvalue weighted by atomic mass is 9.98. The molecule has 0 aromatic heterocycles. The number of benzene rings is 1. The van der Waals surface area contributed by atoms with Gasteiger partial charge in [0.1, 0.15) is 5.75 Å². The van der Waals surface area contributed by atoms with Crippen molar-refractivity contribution in [1.29, 1.82) is 0 Å². The second kappa shape index (κ2) is 4.78. The van der Waals surface area contributed by atoms with Crippen molar-refractivity contribution >= 4 is 17.4 Å². The molecule has 0 saturated carbocycles. The maximum absolute atomic E-state index is 12.0. The van der Waals surface area contributed by atoms with Gasteiger partial charge in [-0.15, -0.1) is 0 Å². The minimum atomic E-state index is -0.228. The smallest absolute Gasteiger partial charge is 0.264 e. The van der Waals surface area contributed by atoms with Crippen molar-refractivity contribution < 1.29 is 14.3 Å². The van der Waals surface area contributed by atoms with Gasteiger partial charge in [0, 0.05) is 25.1 Å². The fourth-order valence-corrected chi connectivity index (χ4v) is 1.82. The van der Waals surface area contributed by atoms with Crippen molar-refractivity contribution in [3.8, 4) is 5.75 Å². The Hall–Kier alpha value is -1.88. The molecule has 96 valence electrons. The van der Waals surface area contributed by atoms with Crippen LogP contribution >= 0.6 is 0 Å². The number of nitrogens with two attached hydrogens (primary N) is 1. The Morgan fingerprint density at radius 2 is 2.28 bits per heavy atom. The van der Waals surface area contributed by atoms with Crippen molar-refractivity contribution in [2.24, 2.45) is 11.7 Å². The Labute approximate surface area is 106 Å². The van der Waals surface area contributed by atoms with E-state index in [1.54, 1.807) is 32.2 Å². The van der Waals surface area contributed by atoms with Gasteiger partial charge in [-0.25, -0.2) is 0 Å². The number of hydrogen-bond donors (Lipinski definition) is 1. The number of fused-ring (bicyclic) bond motifs is 1. The van der Waals surface area contributed by atoms with E-state index in [-0.39, 0.29) is 24.2 Å². The molecule has 1 amide bonds. The van der Waals surface area contributed by atoms with Crippen molar-refractivity contribution in [1.82, 2.24) is 0 Å². The molecule has 0 aliphatic carbocycles. The van der Waals surface area contributed by atoms with Crippen molar-refractivity contribution in [2.45, 2.75) is 6.92 Å². The number of carbonyl (C=O) groups excluding carboxylic acids is 2. The predicted molar refractivity (Wildman–Crippen MR) is 67.9 cm³/mol. The topological polar surface area (TPSA) is 72.6 Å². The molecule has 5 nitrogen and oxygen atoms in total. The molecule has 0 spiro atoms. The van der Waals surface area contributed by atoms with Gasteiger partial charge < -0.3 is 15.4 Å². The normalized spacial score (nSPS) is 15.9. The van der Waals surface area contributed by atoms with E-state index in [2.05, 4.69) is 0 Å². The molecular weight excluding hydrogens is 232 g/mol. The van der Waals surface area contributed by atoms with Gasteiger partial charge >= 0.3 is 0 Å². The highest BCUT2D eigenvalue weighted by Gasteiger charge is 2.24. The maximum Gasteiger partial charge on any atom is 0.264 e. The van der Waals surface area contributed by atoms with Crippen LogP contribution in [0.5, 0.6) is 5.75 Å². The standard InChI is InChI=1S/C13H16N2O3/c1-8(6-14)13(17)9-3-4-11-10(5-9)15(2)12(16)7-18-11/h3-5,8H,6-7,14H2,1-2H3. The van der Waals surface area contributed by atoms with Gasteiger partial charge in [0.25, 0.3) is 5.91 Å². The van der Waals surface area contributed by atoms with Crippen LogP contribution in [0, 0.1) is 5.92 Å². The van der Waals surface area contributed by atoms with Gasteiger partial charge in [0.15, 0.2) is 12.4 Å². The van der Waals surface area contributed by atoms with Crippen LogP contribution in [0.15, 0.2) is 18.2 Å². The quantitative estimate of drug-likeness (QED) is 0.804. The highest BCUT2D eigenvalue weighted by Crippen LogP contribution is 2.32. The van der Waals surface area contributed by atoms with Crippen LogP contribution in [0.25, 0.3) is 0 Å². The number of rotatable bonds is 3. The minimum absolute atomic E-state index is 0.0216. The number of carbonyl (C=O) groups is 2. The highest BCUT2D eigenvalue weighted by atomic mass is 16.5. The van der Waals surface area contributed by atoms with E-state index in [1.807, 2.05) is 0 Å². The second-order valence-corrected chi connectivity index (χ2v) is 4.42. The van der Waals surface area contributed by atoms with Crippen molar-refractivity contribution in [3.63, 3.8) is 0 Å². The predicted octanol–water partition coefficient (Wildman–Crippen LogP) is 0.819. The summed E-state index contributed by atoms with van der Waals surface area (Å²) in [5.41, 5.74) is 6.67. The summed E-state index contributed by atoms with van der Waals surface area (Å²) in [6.45, 7) is 2.13. The Bertz CT molecular complexity index is 499. The first-order valence-electron chi connectivity index (χ1n) is 5.82. The third-order valence-electron chi connectivity index (χ3n) is 3.13. The van der Waals surface area contributed by atoms with Crippen LogP contribution in [0.2, 0.25) is 0 Å². The molecule has 1 aromatic rings. The summed E-state index contributed by atoms with van der Waals surface area (Å²) in [5.74, 6) is 0.244. The summed E-state index contributed by atoms with van der Waals surface area (Å²) >= 11 is 0. The number of hydrogen-bond acceptors (Lipinski definition) is 4. The molecule has 0 bridgehead atoms. The molecule has 1 aromatic carbocycles. The van der Waals surface area contributed by atoms with Gasteiger partial charge in [-0.2, -0.15) is 0 Å². The summed E-state index contributed by atoms with van der Waals surface area (Å²) < 4.78 is 5.30. The van der Waals surface area contributed by atoms with Gasteiger partial charge in [-0.05, 0) is 18.2 Å². The average Bonchev–Trinajstić information content (AvgIpc) is 2.41. The van der Waals surface area contributed by atoms with Crippen molar-refractivity contribution in [2.75, 3.05) is 25.1 Å². The van der Waals surface area contributed by atoms with E-state index in [0.29, 0.717) is 23.5 Å². The first kappa shape index (κ1) is 12.6. The van der Waals surface area contributed by atoms with Crippen molar-refractivity contribution in [3.05, 3.63) is 23.8 Å². The number of Topliss-reactive ketones (excluding diaryl/α,β-unsaturated/α-hetero) is 1. The zero-order chi connectivity index (χ0) is 13.3. The minimum Gasteiger partial charge on any atom is -0.482 e. The molecule has 1 unspecified atom stereocenters. The summed E-state index contributed by atoms with van der Waals surface area (Å²) in [4.78, 5) is 25.1. The number of ether oxygens (including phenoxy) is 1. The Morgan fingerprint density at radius 1 is 1.56 bits per heavy atom. The number of anilines is 1. The molecule has 2 rings (SSSR count). The first-order valence-corrected chi connectivity index (χ1v) is 5.82. The number of amides is 1. The molecule has 0 saturated heterocycles. The molecule has 1 aliphatic rings. The fourth-order valence-electron chi connectivity index (χ4n) is 1.82. The molecule has 0 radical (unpaired) electrons. The first-order chi connectivity index (χ1) is 8.54.